The third-order valence-electron chi connectivity index (χ3n) is 2.33. The number of hydrogen-bond acceptors (Lipinski definition) is 6. The van der Waals surface area contributed by atoms with Crippen molar-refractivity contribution in [3.05, 3.63) is 29.3 Å². The zero-order valence-corrected chi connectivity index (χ0v) is 10.8. The molecule has 96 valence electrons. The van der Waals surface area contributed by atoms with E-state index in [1.807, 2.05) is 5.38 Å². The Balaban J connectivity index is 1.80. The number of carbonyl (C=O) groups excluding carboxylic acids is 1. The van der Waals surface area contributed by atoms with Crippen LogP contribution in [0, 0.1) is 0 Å². The number of esters is 1. The van der Waals surface area contributed by atoms with Gasteiger partial charge in [0, 0.05) is 24.2 Å². The van der Waals surface area contributed by atoms with E-state index in [9.17, 15) is 4.79 Å². The molecule has 0 fully saturated rings. The molecule has 0 aliphatic carbocycles. The molecule has 0 aliphatic rings. The van der Waals surface area contributed by atoms with Crippen LogP contribution in [0.15, 0.2) is 17.8 Å². The van der Waals surface area contributed by atoms with Gasteiger partial charge in [0.2, 0.25) is 0 Å². The molecule has 0 atom stereocenters. The van der Waals surface area contributed by atoms with Crippen LogP contribution >= 0.6 is 11.3 Å². The molecule has 2 N–H and O–H groups in total. The van der Waals surface area contributed by atoms with Crippen molar-refractivity contribution in [1.29, 1.82) is 0 Å². The van der Waals surface area contributed by atoms with Crippen LogP contribution in [0.25, 0.3) is 0 Å². The van der Waals surface area contributed by atoms with E-state index in [0.29, 0.717) is 19.4 Å². The van der Waals surface area contributed by atoms with Crippen molar-refractivity contribution < 1.29 is 9.53 Å². The van der Waals surface area contributed by atoms with E-state index in [-0.39, 0.29) is 5.97 Å². The monoisotopic (exact) mass is 266 g/mol. The number of aromatic nitrogens is 3. The summed E-state index contributed by atoms with van der Waals surface area (Å²) in [5.74, 6) is 0.648. The van der Waals surface area contributed by atoms with Crippen LogP contribution in [-0.2, 0) is 22.5 Å². The number of thiazole rings is 1. The van der Waals surface area contributed by atoms with Crippen LogP contribution in [0.3, 0.4) is 0 Å². The minimum Gasteiger partial charge on any atom is -0.469 e. The maximum atomic E-state index is 11.0. The lowest BCUT2D eigenvalue weighted by Gasteiger charge is -1.99. The predicted molar refractivity (Wildman–Crippen MR) is 68.4 cm³/mol. The maximum Gasteiger partial charge on any atom is 0.305 e. The van der Waals surface area contributed by atoms with E-state index in [0.717, 1.165) is 16.6 Å². The second kappa shape index (κ2) is 6.15. The van der Waals surface area contributed by atoms with Crippen molar-refractivity contribution in [3.8, 4) is 0 Å². The van der Waals surface area contributed by atoms with Crippen LogP contribution in [0.4, 0.5) is 5.13 Å². The number of anilines is 1. The van der Waals surface area contributed by atoms with Crippen molar-refractivity contribution in [1.82, 2.24) is 15.0 Å². The van der Waals surface area contributed by atoms with Crippen molar-refractivity contribution >= 4 is 22.4 Å². The summed E-state index contributed by atoms with van der Waals surface area (Å²) in [6.07, 6.45) is 4.45. The van der Waals surface area contributed by atoms with Crippen LogP contribution in [0.5, 0.6) is 0 Å². The number of H-pyrrole nitrogens is 1. The van der Waals surface area contributed by atoms with Gasteiger partial charge in [-0.05, 0) is 0 Å². The highest BCUT2D eigenvalue weighted by Gasteiger charge is 2.06. The number of nitrogens with zero attached hydrogens (tertiary/aromatic N) is 2. The Hall–Kier alpha value is -1.89. The topological polar surface area (TPSA) is 79.9 Å². The molecule has 0 saturated carbocycles. The van der Waals surface area contributed by atoms with E-state index in [4.69, 9.17) is 0 Å². The molecule has 0 bridgehead atoms. The highest BCUT2D eigenvalue weighted by Crippen LogP contribution is 2.17. The van der Waals surface area contributed by atoms with Crippen LogP contribution in [0.1, 0.15) is 17.9 Å². The lowest BCUT2D eigenvalue weighted by Crippen LogP contribution is -2.03. The zero-order valence-electron chi connectivity index (χ0n) is 9.97. The SMILES string of the molecule is COC(=O)CCc1csc(NCc2ncc[nH]2)n1. The summed E-state index contributed by atoms with van der Waals surface area (Å²) < 4.78 is 4.58. The molecule has 2 aromatic rings. The Morgan fingerprint density at radius 1 is 1.61 bits per heavy atom. The molecule has 2 rings (SSSR count). The van der Waals surface area contributed by atoms with Gasteiger partial charge in [0.25, 0.3) is 0 Å². The summed E-state index contributed by atoms with van der Waals surface area (Å²) in [6.45, 7) is 0.608. The fourth-order valence-corrected chi connectivity index (χ4v) is 2.13. The third kappa shape index (κ3) is 3.56. The maximum absolute atomic E-state index is 11.0. The molecule has 2 heterocycles. The minimum atomic E-state index is -0.215. The Kier molecular flexibility index (Phi) is 4.30. The van der Waals surface area contributed by atoms with Gasteiger partial charge in [-0.2, -0.15) is 0 Å². The quantitative estimate of drug-likeness (QED) is 0.776. The van der Waals surface area contributed by atoms with Crippen molar-refractivity contribution in [2.45, 2.75) is 19.4 Å². The van der Waals surface area contributed by atoms with Gasteiger partial charge in [-0.1, -0.05) is 0 Å². The van der Waals surface area contributed by atoms with Gasteiger partial charge in [0.05, 0.1) is 25.8 Å². The summed E-state index contributed by atoms with van der Waals surface area (Å²) in [5.41, 5.74) is 0.896. The molecule has 0 amide bonds. The average molecular weight is 266 g/mol. The Bertz CT molecular complexity index is 495. The molecule has 6 nitrogen and oxygen atoms in total. The first-order chi connectivity index (χ1) is 8.78. The molecule has 0 unspecified atom stereocenters. The smallest absolute Gasteiger partial charge is 0.305 e. The van der Waals surface area contributed by atoms with Crippen LogP contribution < -0.4 is 5.32 Å². The highest BCUT2D eigenvalue weighted by molar-refractivity contribution is 7.13. The number of ether oxygens (including phenoxy) is 1. The van der Waals surface area contributed by atoms with Gasteiger partial charge >= 0.3 is 5.97 Å². The van der Waals surface area contributed by atoms with Gasteiger partial charge in [-0.3, -0.25) is 4.79 Å². The Morgan fingerprint density at radius 3 is 3.22 bits per heavy atom. The molecule has 2 aromatic heterocycles. The summed E-state index contributed by atoms with van der Waals surface area (Å²) in [5, 5.41) is 5.93. The zero-order chi connectivity index (χ0) is 12.8. The fourth-order valence-electron chi connectivity index (χ4n) is 1.39. The van der Waals surface area contributed by atoms with E-state index in [2.05, 4.69) is 25.0 Å². The van der Waals surface area contributed by atoms with E-state index in [1.54, 1.807) is 12.4 Å². The normalized spacial score (nSPS) is 10.3. The van der Waals surface area contributed by atoms with Gasteiger partial charge in [-0.25, -0.2) is 9.97 Å². The Labute approximate surface area is 108 Å². The van der Waals surface area contributed by atoms with Crippen molar-refractivity contribution in [2.75, 3.05) is 12.4 Å². The largest absolute Gasteiger partial charge is 0.469 e. The number of imidazole rings is 1. The van der Waals surface area contributed by atoms with E-state index >= 15 is 0 Å². The summed E-state index contributed by atoms with van der Waals surface area (Å²) in [6, 6.07) is 0. The van der Waals surface area contributed by atoms with Gasteiger partial charge in [0.1, 0.15) is 5.82 Å². The standard InChI is InChI=1S/C11H14N4O2S/c1-17-10(16)3-2-8-7-18-11(15-8)14-6-9-12-4-5-13-9/h4-5,7H,2-3,6H2,1H3,(H,12,13)(H,14,15). The molecule has 0 spiro atoms. The second-order valence-corrected chi connectivity index (χ2v) is 4.47. The number of carbonyl (C=O) groups is 1. The second-order valence-electron chi connectivity index (χ2n) is 3.61. The minimum absolute atomic E-state index is 0.215. The first-order valence-electron chi connectivity index (χ1n) is 5.51. The summed E-state index contributed by atoms with van der Waals surface area (Å²) in [7, 11) is 1.39. The third-order valence-corrected chi connectivity index (χ3v) is 3.18. The first-order valence-corrected chi connectivity index (χ1v) is 6.39. The first kappa shape index (κ1) is 12.6. The van der Waals surface area contributed by atoms with Crippen LogP contribution in [0.2, 0.25) is 0 Å². The lowest BCUT2D eigenvalue weighted by molar-refractivity contribution is -0.140. The predicted octanol–water partition coefficient (Wildman–Crippen LogP) is 1.58. The molecular formula is C11H14N4O2S. The number of methoxy groups -OCH3 is 1. The van der Waals surface area contributed by atoms with Gasteiger partial charge < -0.3 is 15.0 Å². The average Bonchev–Trinajstić information content (AvgIpc) is 3.04. The van der Waals surface area contributed by atoms with Crippen molar-refractivity contribution in [2.24, 2.45) is 0 Å². The summed E-state index contributed by atoms with van der Waals surface area (Å²) >= 11 is 1.51. The number of rotatable bonds is 6. The molecule has 0 saturated heterocycles. The van der Waals surface area contributed by atoms with E-state index < -0.39 is 0 Å². The molecule has 7 heteroatoms. The molecular weight excluding hydrogens is 252 g/mol. The summed E-state index contributed by atoms with van der Waals surface area (Å²) in [4.78, 5) is 22.5. The van der Waals surface area contributed by atoms with Gasteiger partial charge in [-0.15, -0.1) is 11.3 Å². The lowest BCUT2D eigenvalue weighted by atomic mass is 10.2. The van der Waals surface area contributed by atoms with E-state index in [1.165, 1.54) is 18.4 Å². The molecule has 0 aliphatic heterocycles. The Morgan fingerprint density at radius 2 is 2.50 bits per heavy atom. The number of hydrogen-bond donors (Lipinski definition) is 2. The number of aryl methyl sites for hydroxylation is 1. The van der Waals surface area contributed by atoms with Crippen molar-refractivity contribution in [3.63, 3.8) is 0 Å². The fraction of sp³-hybridized carbons (Fsp3) is 0.364. The number of aromatic amines is 1. The number of nitrogens with one attached hydrogen (secondary N) is 2. The molecule has 0 aromatic carbocycles. The van der Waals surface area contributed by atoms with Gasteiger partial charge in [0.15, 0.2) is 5.13 Å². The molecule has 18 heavy (non-hydrogen) atoms. The van der Waals surface area contributed by atoms with Crippen LogP contribution in [-0.4, -0.2) is 28.0 Å². The molecule has 0 radical (unpaired) electrons. The highest BCUT2D eigenvalue weighted by atomic mass is 32.1.